The van der Waals surface area contributed by atoms with Gasteiger partial charge in [-0.25, -0.2) is 4.79 Å². The highest BCUT2D eigenvalue weighted by molar-refractivity contribution is 6.29. The van der Waals surface area contributed by atoms with Gasteiger partial charge in [-0.3, -0.25) is 4.79 Å². The van der Waals surface area contributed by atoms with E-state index in [1.165, 1.54) is 24.3 Å². The molecule has 0 unspecified atom stereocenters. The van der Waals surface area contributed by atoms with Gasteiger partial charge in [0.1, 0.15) is 11.6 Å². The second kappa shape index (κ2) is 7.43. The van der Waals surface area contributed by atoms with Crippen molar-refractivity contribution in [2.45, 2.75) is 6.92 Å². The molecule has 1 aromatic carbocycles. The van der Waals surface area contributed by atoms with Crippen molar-refractivity contribution in [3.8, 4) is 5.75 Å². The van der Waals surface area contributed by atoms with Gasteiger partial charge < -0.3 is 15.2 Å². The van der Waals surface area contributed by atoms with Gasteiger partial charge >= 0.3 is 5.97 Å². The second-order valence-electron chi connectivity index (χ2n) is 3.54. The lowest BCUT2D eigenvalue weighted by molar-refractivity contribution is -0.137. The number of carbonyl (C=O) groups excluding carboxylic acids is 2. The molecule has 0 spiro atoms. The third kappa shape index (κ3) is 5.01. The Bertz CT molecular complexity index is 499. The lowest BCUT2D eigenvalue weighted by Gasteiger charge is -2.06. The van der Waals surface area contributed by atoms with E-state index in [0.717, 1.165) is 0 Å². The topological polar surface area (TPSA) is 75.6 Å². The van der Waals surface area contributed by atoms with Crippen molar-refractivity contribution in [3.05, 3.63) is 29.8 Å². The van der Waals surface area contributed by atoms with Crippen LogP contribution in [-0.4, -0.2) is 29.5 Å². The Morgan fingerprint density at radius 3 is 2.79 bits per heavy atom. The van der Waals surface area contributed by atoms with Crippen molar-refractivity contribution >= 4 is 35.2 Å². The minimum absolute atomic E-state index is 0.107. The molecule has 1 rings (SSSR count). The SMILES string of the molecule is CCOC(=O)C=Cc1ccc(NC(=O)CCl)c(O)c1. The lowest BCUT2D eigenvalue weighted by atomic mass is 10.1. The number of phenols is 1. The molecule has 0 heterocycles. The Morgan fingerprint density at radius 2 is 2.21 bits per heavy atom. The first-order chi connectivity index (χ1) is 9.06. The summed E-state index contributed by atoms with van der Waals surface area (Å²) in [5.41, 5.74) is 0.869. The summed E-state index contributed by atoms with van der Waals surface area (Å²) in [6.45, 7) is 2.02. The molecule has 1 amide bonds. The highest BCUT2D eigenvalue weighted by atomic mass is 35.5. The standard InChI is InChI=1S/C13H14ClNO4/c1-2-19-13(18)6-4-9-3-5-10(11(16)7-9)15-12(17)8-14/h3-7,16H,2,8H2,1H3,(H,15,17). The number of hydrogen-bond acceptors (Lipinski definition) is 4. The molecule has 0 atom stereocenters. The van der Waals surface area contributed by atoms with E-state index < -0.39 is 11.9 Å². The maximum Gasteiger partial charge on any atom is 0.330 e. The number of anilines is 1. The number of phenolic OH excluding ortho intramolecular Hbond substituents is 1. The largest absolute Gasteiger partial charge is 0.506 e. The zero-order valence-electron chi connectivity index (χ0n) is 10.4. The Hall–Kier alpha value is -2.01. The number of rotatable bonds is 5. The predicted octanol–water partition coefficient (Wildman–Crippen LogP) is 2.15. The molecule has 0 aliphatic rings. The van der Waals surface area contributed by atoms with E-state index in [1.54, 1.807) is 13.0 Å². The number of alkyl halides is 1. The fourth-order valence-corrected chi connectivity index (χ4v) is 1.36. The summed E-state index contributed by atoms with van der Waals surface area (Å²) in [5.74, 6) is -1.16. The molecular weight excluding hydrogens is 270 g/mol. The Balaban J connectivity index is 2.76. The summed E-state index contributed by atoms with van der Waals surface area (Å²) in [5, 5.41) is 12.1. The van der Waals surface area contributed by atoms with E-state index in [2.05, 4.69) is 5.32 Å². The highest BCUT2D eigenvalue weighted by Gasteiger charge is 2.05. The number of ether oxygens (including phenoxy) is 1. The lowest BCUT2D eigenvalue weighted by Crippen LogP contribution is -2.12. The summed E-state index contributed by atoms with van der Waals surface area (Å²) in [7, 11) is 0. The van der Waals surface area contributed by atoms with E-state index >= 15 is 0 Å². The number of carbonyl (C=O) groups is 2. The van der Waals surface area contributed by atoms with Crippen LogP contribution in [0.5, 0.6) is 5.75 Å². The molecule has 0 radical (unpaired) electrons. The average molecular weight is 284 g/mol. The first-order valence-electron chi connectivity index (χ1n) is 5.60. The molecule has 0 aromatic heterocycles. The molecule has 2 N–H and O–H groups in total. The van der Waals surface area contributed by atoms with E-state index in [-0.39, 0.29) is 17.3 Å². The van der Waals surface area contributed by atoms with E-state index in [9.17, 15) is 14.7 Å². The molecule has 19 heavy (non-hydrogen) atoms. The minimum Gasteiger partial charge on any atom is -0.506 e. The number of esters is 1. The van der Waals surface area contributed by atoms with Gasteiger partial charge in [-0.2, -0.15) is 0 Å². The van der Waals surface area contributed by atoms with Crippen molar-refractivity contribution in [2.75, 3.05) is 17.8 Å². The van der Waals surface area contributed by atoms with Crippen LogP contribution >= 0.6 is 11.6 Å². The van der Waals surface area contributed by atoms with Crippen molar-refractivity contribution < 1.29 is 19.4 Å². The van der Waals surface area contributed by atoms with Crippen LogP contribution in [0.1, 0.15) is 12.5 Å². The fraction of sp³-hybridized carbons (Fsp3) is 0.231. The molecule has 0 aliphatic carbocycles. The van der Waals surface area contributed by atoms with Crippen LogP contribution < -0.4 is 5.32 Å². The number of amides is 1. The number of aromatic hydroxyl groups is 1. The first-order valence-corrected chi connectivity index (χ1v) is 6.14. The van der Waals surface area contributed by atoms with Gasteiger partial charge in [0.25, 0.3) is 0 Å². The van der Waals surface area contributed by atoms with Crippen molar-refractivity contribution in [2.24, 2.45) is 0 Å². The van der Waals surface area contributed by atoms with Gasteiger partial charge in [-0.1, -0.05) is 6.07 Å². The Morgan fingerprint density at radius 1 is 1.47 bits per heavy atom. The van der Waals surface area contributed by atoms with Crippen molar-refractivity contribution in [3.63, 3.8) is 0 Å². The smallest absolute Gasteiger partial charge is 0.330 e. The summed E-state index contributed by atoms with van der Waals surface area (Å²) in [4.78, 5) is 22.2. The third-order valence-corrected chi connectivity index (χ3v) is 2.36. The van der Waals surface area contributed by atoms with Crippen molar-refractivity contribution in [1.82, 2.24) is 0 Å². The van der Waals surface area contributed by atoms with E-state index in [1.807, 2.05) is 0 Å². The van der Waals surface area contributed by atoms with Gasteiger partial charge in [-0.15, -0.1) is 11.6 Å². The summed E-state index contributed by atoms with van der Waals surface area (Å²) >= 11 is 5.34. The molecule has 6 heteroatoms. The van der Waals surface area contributed by atoms with Crippen LogP contribution in [0.15, 0.2) is 24.3 Å². The zero-order valence-corrected chi connectivity index (χ0v) is 11.1. The van der Waals surface area contributed by atoms with Gasteiger partial charge in [0.15, 0.2) is 0 Å². The van der Waals surface area contributed by atoms with Crippen LogP contribution in [0.4, 0.5) is 5.69 Å². The molecule has 0 bridgehead atoms. The van der Waals surface area contributed by atoms with Gasteiger partial charge in [-0.05, 0) is 30.7 Å². The van der Waals surface area contributed by atoms with Crippen LogP contribution in [0.2, 0.25) is 0 Å². The number of benzene rings is 1. The molecule has 5 nitrogen and oxygen atoms in total. The first kappa shape index (κ1) is 15.0. The summed E-state index contributed by atoms with van der Waals surface area (Å²) < 4.78 is 4.72. The van der Waals surface area contributed by atoms with Crippen LogP contribution in [0.3, 0.4) is 0 Å². The fourth-order valence-electron chi connectivity index (χ4n) is 1.30. The van der Waals surface area contributed by atoms with Crippen LogP contribution in [0, 0.1) is 0 Å². The van der Waals surface area contributed by atoms with Gasteiger partial charge in [0.2, 0.25) is 5.91 Å². The van der Waals surface area contributed by atoms with E-state index in [0.29, 0.717) is 12.2 Å². The average Bonchev–Trinajstić information content (AvgIpc) is 2.39. The summed E-state index contributed by atoms with van der Waals surface area (Å²) in [6.07, 6.45) is 2.76. The normalized spacial score (nSPS) is 10.4. The monoisotopic (exact) mass is 283 g/mol. The zero-order chi connectivity index (χ0) is 14.3. The molecule has 0 saturated heterocycles. The predicted molar refractivity (Wildman–Crippen MR) is 73.1 cm³/mol. The quantitative estimate of drug-likeness (QED) is 0.376. The van der Waals surface area contributed by atoms with Crippen LogP contribution in [-0.2, 0) is 14.3 Å². The maximum atomic E-state index is 11.1. The molecule has 0 fully saturated rings. The Labute approximate surface area is 115 Å². The number of halogens is 1. The molecule has 0 saturated carbocycles. The molecule has 0 aliphatic heterocycles. The third-order valence-electron chi connectivity index (χ3n) is 2.12. The minimum atomic E-state index is -0.457. The highest BCUT2D eigenvalue weighted by Crippen LogP contribution is 2.24. The summed E-state index contributed by atoms with van der Waals surface area (Å²) in [6, 6.07) is 4.57. The van der Waals surface area contributed by atoms with Gasteiger partial charge in [0.05, 0.1) is 12.3 Å². The number of nitrogens with one attached hydrogen (secondary N) is 1. The molecule has 1 aromatic rings. The van der Waals surface area contributed by atoms with Crippen molar-refractivity contribution in [1.29, 1.82) is 0 Å². The second-order valence-corrected chi connectivity index (χ2v) is 3.81. The van der Waals surface area contributed by atoms with E-state index in [4.69, 9.17) is 16.3 Å². The molecule has 102 valence electrons. The van der Waals surface area contributed by atoms with Crippen LogP contribution in [0.25, 0.3) is 6.08 Å². The maximum absolute atomic E-state index is 11.1. The Kier molecular flexibility index (Phi) is 5.89. The molecular formula is C13H14ClNO4. The van der Waals surface area contributed by atoms with Gasteiger partial charge in [0, 0.05) is 6.08 Å². The number of hydrogen-bond donors (Lipinski definition) is 2.